The molecule has 0 atom stereocenters. The highest BCUT2D eigenvalue weighted by molar-refractivity contribution is 6.45. The Morgan fingerprint density at radius 1 is 1.45 bits per heavy atom. The maximum Gasteiger partial charge on any atom is 0.264 e. The fraction of sp³-hybridized carbons (Fsp3) is 0.0714. The molecular weight excluding hydrogens is 282 g/mol. The normalized spacial score (nSPS) is 10.8. The number of nitriles is 1. The third-order valence-electron chi connectivity index (χ3n) is 2.86. The molecule has 0 saturated carbocycles. The number of anilines is 1. The average Bonchev–Trinajstić information content (AvgIpc) is 2.50. The van der Waals surface area contributed by atoms with Crippen LogP contribution >= 0.6 is 0 Å². The number of aromatic nitrogens is 2. The predicted molar refractivity (Wildman–Crippen MR) is 83.6 cm³/mol. The molecule has 0 aliphatic carbocycles. The first kappa shape index (κ1) is 14.9. The van der Waals surface area contributed by atoms with Crippen LogP contribution in [0, 0.1) is 23.7 Å². The standard InChI is InChI=1S/C14H13N7O/c1-8-2-3-9(10-4-5-13(22)21-18-10)6-11(8)19-20-12(7-15)14(16)17/h2-6,19H,1H3,(H3,16,17)(H,21,22)/b20-12+. The topological polar surface area (TPSA) is 144 Å². The van der Waals surface area contributed by atoms with E-state index in [1.54, 1.807) is 18.2 Å². The van der Waals surface area contributed by atoms with Gasteiger partial charge in [-0.3, -0.25) is 15.6 Å². The van der Waals surface area contributed by atoms with E-state index in [4.69, 9.17) is 16.4 Å². The highest BCUT2D eigenvalue weighted by Gasteiger charge is 2.05. The molecule has 2 aromatic rings. The Morgan fingerprint density at radius 2 is 2.23 bits per heavy atom. The van der Waals surface area contributed by atoms with Crippen LogP contribution in [0.15, 0.2) is 40.2 Å². The molecule has 0 unspecified atom stereocenters. The summed E-state index contributed by atoms with van der Waals surface area (Å²) in [5, 5.41) is 26.1. The highest BCUT2D eigenvalue weighted by Crippen LogP contribution is 2.23. The molecule has 0 saturated heterocycles. The summed E-state index contributed by atoms with van der Waals surface area (Å²) in [6.07, 6.45) is 0. The summed E-state index contributed by atoms with van der Waals surface area (Å²) in [4.78, 5) is 11.0. The lowest BCUT2D eigenvalue weighted by atomic mass is 10.1. The first-order valence-corrected chi connectivity index (χ1v) is 6.26. The molecule has 0 bridgehead atoms. The number of hydrogen-bond acceptors (Lipinski definition) is 6. The van der Waals surface area contributed by atoms with Crippen molar-refractivity contribution in [3.8, 4) is 17.3 Å². The summed E-state index contributed by atoms with van der Waals surface area (Å²) in [5.41, 5.74) is 10.3. The third kappa shape index (κ3) is 3.34. The number of nitrogens with one attached hydrogen (secondary N) is 3. The first-order chi connectivity index (χ1) is 10.5. The molecule has 22 heavy (non-hydrogen) atoms. The van der Waals surface area contributed by atoms with Crippen LogP contribution in [0.1, 0.15) is 5.56 Å². The molecule has 0 radical (unpaired) electrons. The minimum Gasteiger partial charge on any atom is -0.382 e. The van der Waals surface area contributed by atoms with E-state index in [1.165, 1.54) is 6.07 Å². The minimum atomic E-state index is -0.411. The highest BCUT2D eigenvalue weighted by atomic mass is 16.1. The fourth-order valence-electron chi connectivity index (χ4n) is 1.67. The van der Waals surface area contributed by atoms with Crippen molar-refractivity contribution in [3.63, 3.8) is 0 Å². The minimum absolute atomic E-state index is 0.202. The summed E-state index contributed by atoms with van der Waals surface area (Å²) in [5.74, 6) is -0.411. The number of hydrazone groups is 1. The Bertz CT molecular complexity index is 825. The van der Waals surface area contributed by atoms with Gasteiger partial charge >= 0.3 is 0 Å². The van der Waals surface area contributed by atoms with Gasteiger partial charge in [-0.05, 0) is 24.6 Å². The van der Waals surface area contributed by atoms with E-state index < -0.39 is 5.84 Å². The van der Waals surface area contributed by atoms with Crippen LogP contribution in [0.4, 0.5) is 5.69 Å². The van der Waals surface area contributed by atoms with Gasteiger partial charge < -0.3 is 5.73 Å². The van der Waals surface area contributed by atoms with Crippen LogP contribution in [-0.2, 0) is 0 Å². The second-order valence-electron chi connectivity index (χ2n) is 4.43. The van der Waals surface area contributed by atoms with Crippen molar-refractivity contribution < 1.29 is 0 Å². The Hall–Kier alpha value is -3.47. The zero-order valence-electron chi connectivity index (χ0n) is 11.7. The molecule has 0 spiro atoms. The number of H-pyrrole nitrogens is 1. The maximum absolute atomic E-state index is 11.0. The number of hydrogen-bond donors (Lipinski definition) is 4. The molecule has 2 rings (SSSR count). The van der Waals surface area contributed by atoms with Crippen LogP contribution in [0.25, 0.3) is 11.3 Å². The molecule has 1 heterocycles. The van der Waals surface area contributed by atoms with Crippen LogP contribution < -0.4 is 16.7 Å². The van der Waals surface area contributed by atoms with Gasteiger partial charge in [-0.25, -0.2) is 5.10 Å². The van der Waals surface area contributed by atoms with Crippen LogP contribution in [0.3, 0.4) is 0 Å². The summed E-state index contributed by atoms with van der Waals surface area (Å²) >= 11 is 0. The lowest BCUT2D eigenvalue weighted by Gasteiger charge is -2.08. The van der Waals surface area contributed by atoms with Crippen LogP contribution in [0.5, 0.6) is 0 Å². The van der Waals surface area contributed by atoms with Gasteiger partial charge in [-0.1, -0.05) is 12.1 Å². The predicted octanol–water partition coefficient (Wildman–Crippen LogP) is 0.973. The van der Waals surface area contributed by atoms with Crippen molar-refractivity contribution in [1.82, 2.24) is 10.2 Å². The lowest BCUT2D eigenvalue weighted by Crippen LogP contribution is -2.21. The van der Waals surface area contributed by atoms with Crippen molar-refractivity contribution in [1.29, 1.82) is 10.7 Å². The molecule has 8 heteroatoms. The summed E-state index contributed by atoms with van der Waals surface area (Å²) < 4.78 is 0. The smallest absolute Gasteiger partial charge is 0.264 e. The summed E-state index contributed by atoms with van der Waals surface area (Å²) in [7, 11) is 0. The van der Waals surface area contributed by atoms with Crippen molar-refractivity contribution >= 4 is 17.2 Å². The zero-order valence-corrected chi connectivity index (χ0v) is 11.7. The van der Waals surface area contributed by atoms with Gasteiger partial charge in [-0.15, -0.1) is 0 Å². The molecule has 0 aliphatic rings. The largest absolute Gasteiger partial charge is 0.382 e. The van der Waals surface area contributed by atoms with E-state index in [9.17, 15) is 4.79 Å². The lowest BCUT2D eigenvalue weighted by molar-refractivity contribution is 0.995. The van der Waals surface area contributed by atoms with Gasteiger partial charge in [0.15, 0.2) is 5.84 Å². The Labute approximate surface area is 125 Å². The first-order valence-electron chi connectivity index (χ1n) is 6.26. The van der Waals surface area contributed by atoms with E-state index >= 15 is 0 Å². The number of amidine groups is 1. The monoisotopic (exact) mass is 295 g/mol. The molecule has 0 aliphatic heterocycles. The van der Waals surface area contributed by atoms with Crippen molar-refractivity contribution in [2.24, 2.45) is 10.8 Å². The van der Waals surface area contributed by atoms with E-state index in [2.05, 4.69) is 20.7 Å². The van der Waals surface area contributed by atoms with E-state index in [0.717, 1.165) is 11.1 Å². The number of benzene rings is 1. The van der Waals surface area contributed by atoms with E-state index in [-0.39, 0.29) is 11.3 Å². The van der Waals surface area contributed by atoms with Crippen LogP contribution in [-0.4, -0.2) is 21.7 Å². The maximum atomic E-state index is 11.0. The number of aryl methyl sites for hydroxylation is 1. The van der Waals surface area contributed by atoms with Gasteiger partial charge in [0.1, 0.15) is 6.07 Å². The molecule has 110 valence electrons. The molecule has 1 aromatic carbocycles. The second-order valence-corrected chi connectivity index (χ2v) is 4.43. The Morgan fingerprint density at radius 3 is 2.82 bits per heavy atom. The molecular formula is C14H13N7O. The number of nitrogens with zero attached hydrogens (tertiary/aromatic N) is 3. The van der Waals surface area contributed by atoms with Gasteiger partial charge in [0.2, 0.25) is 5.71 Å². The second kappa shape index (κ2) is 6.32. The fourth-order valence-corrected chi connectivity index (χ4v) is 1.67. The third-order valence-corrected chi connectivity index (χ3v) is 2.86. The SMILES string of the molecule is Cc1ccc(-c2ccc(=O)[nH]n2)cc1N/N=C(\C#N)C(=N)N. The van der Waals surface area contributed by atoms with Gasteiger partial charge in [-0.2, -0.15) is 15.5 Å². The van der Waals surface area contributed by atoms with Gasteiger partial charge in [0.25, 0.3) is 5.56 Å². The Kier molecular flexibility index (Phi) is 4.29. The number of rotatable bonds is 4. The molecule has 8 nitrogen and oxygen atoms in total. The Balaban J connectivity index is 2.35. The van der Waals surface area contributed by atoms with Crippen molar-refractivity contribution in [2.75, 3.05) is 5.43 Å². The average molecular weight is 295 g/mol. The summed E-state index contributed by atoms with van der Waals surface area (Å²) in [6, 6.07) is 10.2. The van der Waals surface area contributed by atoms with Crippen molar-refractivity contribution in [2.45, 2.75) is 6.92 Å². The zero-order chi connectivity index (χ0) is 16.1. The quantitative estimate of drug-likeness (QED) is 0.377. The van der Waals surface area contributed by atoms with E-state index in [1.807, 2.05) is 19.1 Å². The van der Waals surface area contributed by atoms with Crippen molar-refractivity contribution in [3.05, 3.63) is 46.2 Å². The van der Waals surface area contributed by atoms with E-state index in [0.29, 0.717) is 11.4 Å². The molecule has 5 N–H and O–H groups in total. The number of aromatic amines is 1. The number of nitrogens with two attached hydrogens (primary N) is 1. The molecule has 1 aromatic heterocycles. The molecule has 0 amide bonds. The van der Waals surface area contributed by atoms with Gasteiger partial charge in [0, 0.05) is 11.6 Å². The molecule has 0 fully saturated rings. The van der Waals surface area contributed by atoms with Gasteiger partial charge in [0.05, 0.1) is 11.4 Å². The summed E-state index contributed by atoms with van der Waals surface area (Å²) in [6.45, 7) is 1.86. The van der Waals surface area contributed by atoms with Crippen LogP contribution in [0.2, 0.25) is 0 Å².